The average Bonchev–Trinajstić information content (AvgIpc) is 3.19. The van der Waals surface area contributed by atoms with Crippen LogP contribution in [0.4, 0.5) is 11.6 Å². The molecular formula is C37H49N5O2. The van der Waals surface area contributed by atoms with E-state index in [-0.39, 0.29) is 5.91 Å². The molecule has 5 rings (SSSR count). The second-order valence-corrected chi connectivity index (χ2v) is 12.0. The van der Waals surface area contributed by atoms with Crippen molar-refractivity contribution in [2.75, 3.05) is 38.0 Å². The minimum Gasteiger partial charge on any atom is -0.457 e. The number of carbonyl (C=O) groups is 1. The number of likely N-dealkylation sites (tertiary alicyclic amines) is 1. The number of benzene rings is 3. The lowest BCUT2D eigenvalue weighted by Crippen LogP contribution is -2.33. The zero-order chi connectivity index (χ0) is 30.6. The maximum Gasteiger partial charge on any atom is 0.253 e. The summed E-state index contributed by atoms with van der Waals surface area (Å²) in [5.41, 5.74) is 3.59. The molecule has 234 valence electrons. The van der Waals surface area contributed by atoms with Gasteiger partial charge in [0, 0.05) is 30.9 Å². The number of imidazole rings is 1. The van der Waals surface area contributed by atoms with E-state index >= 15 is 0 Å². The Hall–Kier alpha value is -3.84. The van der Waals surface area contributed by atoms with Gasteiger partial charge in [-0.15, -0.1) is 0 Å². The Morgan fingerprint density at radius 3 is 2.18 bits per heavy atom. The number of nitrogens with one attached hydrogen (secondary N) is 1. The van der Waals surface area contributed by atoms with Gasteiger partial charge in [-0.2, -0.15) is 0 Å². The number of nitrogens with zero attached hydrogens (tertiary/aromatic N) is 4. The summed E-state index contributed by atoms with van der Waals surface area (Å²) in [6.45, 7) is 10.3. The van der Waals surface area contributed by atoms with Gasteiger partial charge in [-0.3, -0.25) is 4.79 Å². The van der Waals surface area contributed by atoms with Crippen LogP contribution in [0.25, 0.3) is 11.0 Å². The Labute approximate surface area is 263 Å². The molecule has 1 aliphatic rings. The molecule has 0 bridgehead atoms. The topological polar surface area (TPSA) is 62.6 Å². The smallest absolute Gasteiger partial charge is 0.253 e. The number of para-hydroxylation sites is 1. The van der Waals surface area contributed by atoms with Crippen molar-refractivity contribution < 1.29 is 9.53 Å². The number of aryl methyl sites for hydroxylation is 1. The molecule has 1 fully saturated rings. The molecule has 1 N–H and O–H groups in total. The maximum atomic E-state index is 13.7. The Morgan fingerprint density at radius 2 is 1.50 bits per heavy atom. The minimum absolute atomic E-state index is 0.120. The first-order chi connectivity index (χ1) is 21.6. The van der Waals surface area contributed by atoms with Crippen LogP contribution in [-0.4, -0.2) is 58.0 Å². The van der Waals surface area contributed by atoms with E-state index in [1.54, 1.807) is 0 Å². The number of unbranched alkanes of at least 4 members (excludes halogenated alkanes) is 2. The molecule has 1 amide bonds. The van der Waals surface area contributed by atoms with E-state index < -0.39 is 0 Å². The Morgan fingerprint density at radius 1 is 0.818 bits per heavy atom. The summed E-state index contributed by atoms with van der Waals surface area (Å²) >= 11 is 0. The second-order valence-electron chi connectivity index (χ2n) is 12.0. The van der Waals surface area contributed by atoms with E-state index in [2.05, 4.69) is 34.7 Å². The largest absolute Gasteiger partial charge is 0.457 e. The van der Waals surface area contributed by atoms with Crippen molar-refractivity contribution in [2.45, 2.75) is 78.2 Å². The number of hydrogen-bond donors (Lipinski definition) is 1. The summed E-state index contributed by atoms with van der Waals surface area (Å²) in [5.74, 6) is 2.51. The molecule has 0 unspecified atom stereocenters. The van der Waals surface area contributed by atoms with Crippen molar-refractivity contribution >= 4 is 28.6 Å². The molecular weight excluding hydrogens is 546 g/mol. The maximum absolute atomic E-state index is 13.7. The first-order valence-corrected chi connectivity index (χ1v) is 16.8. The highest BCUT2D eigenvalue weighted by Crippen LogP contribution is 2.28. The number of hydrogen-bond acceptors (Lipinski definition) is 5. The monoisotopic (exact) mass is 595 g/mol. The standard InChI is InChI=1S/C37H49N5O2/c1-3-5-26-41(27-6-4-2)36(43)30-17-22-34-35(29-30)42(28-14-25-40-23-12-7-8-13-24-40)37(39-34)38-31-18-20-33(21-19-31)44-32-15-10-9-11-16-32/h9-11,15-22,29H,3-8,12-14,23-28H2,1-2H3,(H,38,39). The number of fused-ring (bicyclic) bond motifs is 1. The van der Waals surface area contributed by atoms with Gasteiger partial charge in [0.1, 0.15) is 11.5 Å². The summed E-state index contributed by atoms with van der Waals surface area (Å²) in [6, 6.07) is 23.8. The number of amides is 1. The molecule has 0 atom stereocenters. The van der Waals surface area contributed by atoms with Crippen molar-refractivity contribution in [3.05, 3.63) is 78.4 Å². The van der Waals surface area contributed by atoms with E-state index in [0.29, 0.717) is 0 Å². The third kappa shape index (κ3) is 8.63. The molecule has 0 spiro atoms. The first-order valence-electron chi connectivity index (χ1n) is 16.8. The van der Waals surface area contributed by atoms with Crippen LogP contribution in [0.15, 0.2) is 72.8 Å². The van der Waals surface area contributed by atoms with E-state index in [4.69, 9.17) is 9.72 Å². The molecule has 4 aromatic rings. The molecule has 7 nitrogen and oxygen atoms in total. The number of aromatic nitrogens is 2. The van der Waals surface area contributed by atoms with Crippen molar-refractivity contribution in [3.63, 3.8) is 0 Å². The molecule has 0 radical (unpaired) electrons. The van der Waals surface area contributed by atoms with Crippen molar-refractivity contribution in [1.29, 1.82) is 0 Å². The van der Waals surface area contributed by atoms with Crippen LogP contribution in [0, 0.1) is 0 Å². The lowest BCUT2D eigenvalue weighted by Gasteiger charge is -2.22. The zero-order valence-corrected chi connectivity index (χ0v) is 26.6. The molecule has 2 heterocycles. The third-order valence-corrected chi connectivity index (χ3v) is 8.49. The number of ether oxygens (including phenoxy) is 1. The number of anilines is 2. The van der Waals surface area contributed by atoms with Crippen LogP contribution in [0.1, 0.15) is 82.0 Å². The van der Waals surface area contributed by atoms with E-state index in [0.717, 1.165) is 98.0 Å². The van der Waals surface area contributed by atoms with E-state index in [1.807, 2.05) is 71.6 Å². The van der Waals surface area contributed by atoms with Gasteiger partial charge in [0.25, 0.3) is 5.91 Å². The lowest BCUT2D eigenvalue weighted by molar-refractivity contribution is 0.0751. The SMILES string of the molecule is CCCCN(CCCC)C(=O)c1ccc2nc(Nc3ccc(Oc4ccccc4)cc3)n(CCCN3CCCCCC3)c2c1. The third-order valence-electron chi connectivity index (χ3n) is 8.49. The van der Waals surface area contributed by atoms with Gasteiger partial charge in [0.05, 0.1) is 11.0 Å². The van der Waals surface area contributed by atoms with E-state index in [1.165, 1.54) is 38.8 Å². The average molecular weight is 596 g/mol. The molecule has 44 heavy (non-hydrogen) atoms. The summed E-state index contributed by atoms with van der Waals surface area (Å²) < 4.78 is 8.25. The van der Waals surface area contributed by atoms with Crippen LogP contribution in [0.2, 0.25) is 0 Å². The lowest BCUT2D eigenvalue weighted by atomic mass is 10.1. The summed E-state index contributed by atoms with van der Waals surface area (Å²) in [7, 11) is 0. The fourth-order valence-corrected chi connectivity index (χ4v) is 5.95. The van der Waals surface area contributed by atoms with Crippen molar-refractivity contribution in [1.82, 2.24) is 19.4 Å². The number of rotatable bonds is 15. The van der Waals surface area contributed by atoms with Gasteiger partial charge >= 0.3 is 0 Å². The molecule has 1 aliphatic heterocycles. The van der Waals surface area contributed by atoms with Gasteiger partial charge in [-0.1, -0.05) is 57.7 Å². The predicted octanol–water partition coefficient (Wildman–Crippen LogP) is 8.88. The fraction of sp³-hybridized carbons (Fsp3) is 0.459. The van der Waals surface area contributed by atoms with Crippen LogP contribution >= 0.6 is 0 Å². The van der Waals surface area contributed by atoms with Gasteiger partial charge in [-0.25, -0.2) is 4.98 Å². The molecule has 7 heteroatoms. The molecule has 0 saturated carbocycles. The van der Waals surface area contributed by atoms with Crippen molar-refractivity contribution in [3.8, 4) is 11.5 Å². The summed E-state index contributed by atoms with van der Waals surface area (Å²) in [6.07, 6.45) is 10.5. The molecule has 3 aromatic carbocycles. The van der Waals surface area contributed by atoms with Gasteiger partial charge < -0.3 is 24.4 Å². The quantitative estimate of drug-likeness (QED) is 0.149. The first kappa shape index (κ1) is 31.6. The Balaban J connectivity index is 1.38. The van der Waals surface area contributed by atoms with Gasteiger partial charge in [0.15, 0.2) is 0 Å². The van der Waals surface area contributed by atoms with Gasteiger partial charge in [0.2, 0.25) is 5.95 Å². The van der Waals surface area contributed by atoms with Crippen LogP contribution in [0.3, 0.4) is 0 Å². The van der Waals surface area contributed by atoms with Crippen LogP contribution in [0.5, 0.6) is 11.5 Å². The second kappa shape index (κ2) is 16.3. The fourth-order valence-electron chi connectivity index (χ4n) is 5.95. The zero-order valence-electron chi connectivity index (χ0n) is 26.6. The molecule has 0 aliphatic carbocycles. The normalized spacial score (nSPS) is 14.0. The molecule has 1 saturated heterocycles. The predicted molar refractivity (Wildman–Crippen MR) is 181 cm³/mol. The minimum atomic E-state index is 0.120. The Kier molecular flexibility index (Phi) is 11.7. The van der Waals surface area contributed by atoms with E-state index in [9.17, 15) is 4.79 Å². The van der Waals surface area contributed by atoms with Crippen molar-refractivity contribution in [2.24, 2.45) is 0 Å². The summed E-state index contributed by atoms with van der Waals surface area (Å²) in [4.78, 5) is 23.3. The highest BCUT2D eigenvalue weighted by Gasteiger charge is 2.19. The van der Waals surface area contributed by atoms with Gasteiger partial charge in [-0.05, 0) is 106 Å². The highest BCUT2D eigenvalue weighted by atomic mass is 16.5. The van der Waals surface area contributed by atoms with Crippen LogP contribution in [-0.2, 0) is 6.54 Å². The number of carbonyl (C=O) groups excluding carboxylic acids is 1. The van der Waals surface area contributed by atoms with Crippen LogP contribution < -0.4 is 10.1 Å². The molecule has 1 aromatic heterocycles. The summed E-state index contributed by atoms with van der Waals surface area (Å²) in [5, 5.41) is 3.57. The highest BCUT2D eigenvalue weighted by molar-refractivity contribution is 5.98. The Bertz CT molecular complexity index is 1430.